The molecule has 0 bridgehead atoms. The van der Waals surface area contributed by atoms with Gasteiger partial charge in [0, 0.05) is 11.4 Å². The molecule has 0 unspecified atom stereocenters. The van der Waals surface area contributed by atoms with E-state index in [1.807, 2.05) is 12.1 Å². The fourth-order valence-corrected chi connectivity index (χ4v) is 1.72. The van der Waals surface area contributed by atoms with Crippen LogP contribution in [0.2, 0.25) is 10.0 Å². The second-order valence-electron chi connectivity index (χ2n) is 3.60. The summed E-state index contributed by atoms with van der Waals surface area (Å²) >= 11 is 11.8. The first kappa shape index (κ1) is 11.9. The van der Waals surface area contributed by atoms with E-state index in [1.165, 1.54) is 0 Å². The van der Waals surface area contributed by atoms with Crippen molar-refractivity contribution < 1.29 is 0 Å². The standard InChI is InChI=1S/C12H11Cl2N3/c13-9-3-2-8(6-10(9)14)17-12-4-1-7(15)5-11(12)16/h1-6,17H,15-16H2. The maximum Gasteiger partial charge on any atom is 0.0619 e. The van der Waals surface area contributed by atoms with E-state index in [9.17, 15) is 0 Å². The van der Waals surface area contributed by atoms with E-state index < -0.39 is 0 Å². The molecular weight excluding hydrogens is 257 g/mol. The summed E-state index contributed by atoms with van der Waals surface area (Å²) in [6.07, 6.45) is 0. The first-order valence-electron chi connectivity index (χ1n) is 4.93. The van der Waals surface area contributed by atoms with Crippen LogP contribution in [0.3, 0.4) is 0 Å². The molecule has 0 aliphatic heterocycles. The van der Waals surface area contributed by atoms with Crippen molar-refractivity contribution in [1.29, 1.82) is 0 Å². The summed E-state index contributed by atoms with van der Waals surface area (Å²) < 4.78 is 0. The summed E-state index contributed by atoms with van der Waals surface area (Å²) in [7, 11) is 0. The Morgan fingerprint density at radius 3 is 2.29 bits per heavy atom. The molecule has 0 heterocycles. The first-order chi connectivity index (χ1) is 8.06. The van der Waals surface area contributed by atoms with Gasteiger partial charge in [0.1, 0.15) is 0 Å². The lowest BCUT2D eigenvalue weighted by atomic mass is 10.2. The summed E-state index contributed by atoms with van der Waals surface area (Å²) in [6, 6.07) is 10.6. The molecule has 0 saturated heterocycles. The number of hydrogen-bond acceptors (Lipinski definition) is 3. The van der Waals surface area contributed by atoms with Crippen LogP contribution >= 0.6 is 23.2 Å². The molecule has 0 atom stereocenters. The van der Waals surface area contributed by atoms with Crippen LogP contribution in [0.25, 0.3) is 0 Å². The smallest absolute Gasteiger partial charge is 0.0619 e. The van der Waals surface area contributed by atoms with Crippen molar-refractivity contribution in [1.82, 2.24) is 0 Å². The molecule has 17 heavy (non-hydrogen) atoms. The number of hydrogen-bond donors (Lipinski definition) is 3. The zero-order valence-corrected chi connectivity index (χ0v) is 10.4. The van der Waals surface area contributed by atoms with Gasteiger partial charge in [0.05, 0.1) is 21.4 Å². The van der Waals surface area contributed by atoms with Crippen molar-refractivity contribution >= 4 is 46.0 Å². The molecule has 0 amide bonds. The Hall–Kier alpha value is -1.58. The zero-order chi connectivity index (χ0) is 12.4. The minimum atomic E-state index is 0.491. The number of rotatable bonds is 2. The number of anilines is 4. The van der Waals surface area contributed by atoms with Crippen LogP contribution in [0, 0.1) is 0 Å². The van der Waals surface area contributed by atoms with Crippen LogP contribution in [0.15, 0.2) is 36.4 Å². The second-order valence-corrected chi connectivity index (χ2v) is 4.41. The van der Waals surface area contributed by atoms with Gasteiger partial charge in [-0.05, 0) is 36.4 Å². The van der Waals surface area contributed by atoms with E-state index in [4.69, 9.17) is 34.7 Å². The van der Waals surface area contributed by atoms with Gasteiger partial charge in [-0.25, -0.2) is 0 Å². The predicted octanol–water partition coefficient (Wildman–Crippen LogP) is 3.90. The molecule has 0 fully saturated rings. The minimum Gasteiger partial charge on any atom is -0.399 e. The quantitative estimate of drug-likeness (QED) is 0.724. The summed E-state index contributed by atoms with van der Waals surface area (Å²) in [5.74, 6) is 0. The summed E-state index contributed by atoms with van der Waals surface area (Å²) in [5, 5.41) is 4.15. The highest BCUT2D eigenvalue weighted by Crippen LogP contribution is 2.29. The van der Waals surface area contributed by atoms with Crippen molar-refractivity contribution in [2.45, 2.75) is 0 Å². The van der Waals surface area contributed by atoms with E-state index >= 15 is 0 Å². The first-order valence-corrected chi connectivity index (χ1v) is 5.69. The molecule has 0 spiro atoms. The van der Waals surface area contributed by atoms with E-state index in [0.29, 0.717) is 21.4 Å². The van der Waals surface area contributed by atoms with Gasteiger partial charge in [-0.1, -0.05) is 23.2 Å². The number of nitrogens with two attached hydrogens (primary N) is 2. The fraction of sp³-hybridized carbons (Fsp3) is 0. The molecule has 0 aromatic heterocycles. The maximum absolute atomic E-state index is 5.92. The highest BCUT2D eigenvalue weighted by molar-refractivity contribution is 6.42. The predicted molar refractivity (Wildman–Crippen MR) is 75.0 cm³/mol. The Morgan fingerprint density at radius 1 is 0.882 bits per heavy atom. The molecule has 0 radical (unpaired) electrons. The Balaban J connectivity index is 2.28. The van der Waals surface area contributed by atoms with E-state index in [2.05, 4.69) is 5.32 Å². The van der Waals surface area contributed by atoms with Crippen molar-refractivity contribution in [3.8, 4) is 0 Å². The Morgan fingerprint density at radius 2 is 1.65 bits per heavy atom. The molecule has 0 aliphatic carbocycles. The largest absolute Gasteiger partial charge is 0.399 e. The number of nitrogen functional groups attached to an aromatic ring is 2. The molecule has 2 aromatic carbocycles. The van der Waals surface area contributed by atoms with Crippen LogP contribution in [-0.2, 0) is 0 Å². The summed E-state index contributed by atoms with van der Waals surface area (Å²) in [6.45, 7) is 0. The van der Waals surface area contributed by atoms with Crippen LogP contribution in [0.4, 0.5) is 22.7 Å². The number of nitrogens with one attached hydrogen (secondary N) is 1. The highest BCUT2D eigenvalue weighted by Gasteiger charge is 2.02. The molecule has 0 aliphatic rings. The van der Waals surface area contributed by atoms with Gasteiger partial charge in [-0.2, -0.15) is 0 Å². The lowest BCUT2D eigenvalue weighted by molar-refractivity contribution is 1.54. The minimum absolute atomic E-state index is 0.491. The molecule has 2 rings (SSSR count). The topological polar surface area (TPSA) is 64.1 Å². The van der Waals surface area contributed by atoms with Gasteiger partial charge in [0.25, 0.3) is 0 Å². The third-order valence-corrected chi connectivity index (χ3v) is 3.01. The molecule has 5 heteroatoms. The lowest BCUT2D eigenvalue weighted by Gasteiger charge is -2.10. The van der Waals surface area contributed by atoms with Crippen LogP contribution < -0.4 is 16.8 Å². The average molecular weight is 268 g/mol. The second kappa shape index (κ2) is 4.73. The molecule has 88 valence electrons. The zero-order valence-electron chi connectivity index (χ0n) is 8.87. The van der Waals surface area contributed by atoms with Gasteiger partial charge in [0.2, 0.25) is 0 Å². The van der Waals surface area contributed by atoms with Crippen LogP contribution in [-0.4, -0.2) is 0 Å². The van der Waals surface area contributed by atoms with E-state index in [1.54, 1.807) is 24.3 Å². The molecule has 5 N–H and O–H groups in total. The van der Waals surface area contributed by atoms with Gasteiger partial charge in [-0.15, -0.1) is 0 Å². The normalized spacial score (nSPS) is 10.2. The van der Waals surface area contributed by atoms with Gasteiger partial charge >= 0.3 is 0 Å². The van der Waals surface area contributed by atoms with Crippen molar-refractivity contribution in [2.24, 2.45) is 0 Å². The number of halogens is 2. The average Bonchev–Trinajstić information content (AvgIpc) is 2.27. The van der Waals surface area contributed by atoms with Gasteiger partial charge in [0.15, 0.2) is 0 Å². The molecular formula is C12H11Cl2N3. The maximum atomic E-state index is 5.92. The number of benzene rings is 2. The van der Waals surface area contributed by atoms with Crippen molar-refractivity contribution in [3.63, 3.8) is 0 Å². The van der Waals surface area contributed by atoms with E-state index in [-0.39, 0.29) is 0 Å². The Kier molecular flexibility index (Phi) is 3.31. The fourth-order valence-electron chi connectivity index (χ4n) is 1.42. The molecule has 3 nitrogen and oxygen atoms in total. The SMILES string of the molecule is Nc1ccc(Nc2ccc(Cl)c(Cl)c2)c(N)c1. The van der Waals surface area contributed by atoms with Crippen molar-refractivity contribution in [2.75, 3.05) is 16.8 Å². The van der Waals surface area contributed by atoms with Gasteiger partial charge in [-0.3, -0.25) is 0 Å². The summed E-state index contributed by atoms with van der Waals surface area (Å²) in [5.41, 5.74) is 14.3. The third kappa shape index (κ3) is 2.75. The van der Waals surface area contributed by atoms with Crippen molar-refractivity contribution in [3.05, 3.63) is 46.4 Å². The lowest BCUT2D eigenvalue weighted by Crippen LogP contribution is -1.97. The van der Waals surface area contributed by atoms with E-state index in [0.717, 1.165) is 11.4 Å². The Bertz CT molecular complexity index is 555. The van der Waals surface area contributed by atoms with Crippen LogP contribution in [0.5, 0.6) is 0 Å². The molecule has 0 saturated carbocycles. The monoisotopic (exact) mass is 267 g/mol. The molecule has 2 aromatic rings. The third-order valence-electron chi connectivity index (χ3n) is 2.27. The summed E-state index contributed by atoms with van der Waals surface area (Å²) in [4.78, 5) is 0. The van der Waals surface area contributed by atoms with Gasteiger partial charge < -0.3 is 16.8 Å². The van der Waals surface area contributed by atoms with Crippen LogP contribution in [0.1, 0.15) is 0 Å². The highest BCUT2D eigenvalue weighted by atomic mass is 35.5. The Labute approximate surface area is 109 Å².